The van der Waals surface area contributed by atoms with Crippen molar-refractivity contribution in [2.45, 2.75) is 44.6 Å². The molecule has 0 unspecified atom stereocenters. The van der Waals surface area contributed by atoms with Crippen LogP contribution in [0.1, 0.15) is 42.1 Å². The van der Waals surface area contributed by atoms with Crippen LogP contribution in [0.15, 0.2) is 36.7 Å². The highest BCUT2D eigenvalue weighted by atomic mass is 14.9. The monoisotopic (exact) mass is 269 g/mol. The Balaban J connectivity index is 1.34. The van der Waals surface area contributed by atoms with Crippen LogP contribution in [0.25, 0.3) is 0 Å². The Kier molecular flexibility index (Phi) is 4.16. The van der Waals surface area contributed by atoms with Gasteiger partial charge in [0, 0.05) is 24.9 Å². The standard InChI is InChI=1S/C17H23N3/c1-13-4-2-5-14(10-13)15-11-16(12-15)18-7-3-6-17-19-8-9-20-17/h2,4-5,8-10,15-16,18H,3,6-7,11-12H2,1H3,(H,19,20). The first kappa shape index (κ1) is 13.4. The van der Waals surface area contributed by atoms with Gasteiger partial charge in [-0.25, -0.2) is 4.98 Å². The molecule has 0 bridgehead atoms. The summed E-state index contributed by atoms with van der Waals surface area (Å²) in [5.41, 5.74) is 2.89. The summed E-state index contributed by atoms with van der Waals surface area (Å²) >= 11 is 0. The van der Waals surface area contributed by atoms with Crippen LogP contribution in [0.4, 0.5) is 0 Å². The molecule has 20 heavy (non-hydrogen) atoms. The van der Waals surface area contributed by atoms with Crippen molar-refractivity contribution in [2.24, 2.45) is 0 Å². The molecule has 1 aliphatic carbocycles. The van der Waals surface area contributed by atoms with E-state index in [1.54, 1.807) is 0 Å². The Hall–Kier alpha value is -1.61. The summed E-state index contributed by atoms with van der Waals surface area (Å²) in [5, 5.41) is 3.65. The van der Waals surface area contributed by atoms with Crippen molar-refractivity contribution in [1.82, 2.24) is 15.3 Å². The van der Waals surface area contributed by atoms with Crippen LogP contribution in [0, 0.1) is 6.92 Å². The van der Waals surface area contributed by atoms with E-state index in [1.165, 1.54) is 24.0 Å². The van der Waals surface area contributed by atoms with Gasteiger partial charge in [-0.2, -0.15) is 0 Å². The van der Waals surface area contributed by atoms with Crippen molar-refractivity contribution in [3.05, 3.63) is 53.6 Å². The lowest BCUT2D eigenvalue weighted by Gasteiger charge is -2.36. The molecular formula is C17H23N3. The van der Waals surface area contributed by atoms with Crippen LogP contribution in [0.2, 0.25) is 0 Å². The lowest BCUT2D eigenvalue weighted by molar-refractivity contribution is 0.290. The number of rotatable bonds is 6. The zero-order valence-corrected chi connectivity index (χ0v) is 12.1. The molecule has 0 spiro atoms. The van der Waals surface area contributed by atoms with Crippen LogP contribution < -0.4 is 5.32 Å². The van der Waals surface area contributed by atoms with Crippen LogP contribution >= 0.6 is 0 Å². The summed E-state index contributed by atoms with van der Waals surface area (Å²) in [5.74, 6) is 1.86. The molecule has 3 heteroatoms. The Labute approximate surface area is 120 Å². The number of nitrogens with zero attached hydrogens (tertiary/aromatic N) is 1. The summed E-state index contributed by atoms with van der Waals surface area (Å²) in [6.45, 7) is 3.26. The van der Waals surface area contributed by atoms with E-state index in [0.717, 1.165) is 31.1 Å². The quantitative estimate of drug-likeness (QED) is 0.791. The van der Waals surface area contributed by atoms with E-state index in [1.807, 2.05) is 12.4 Å². The molecule has 0 radical (unpaired) electrons. The summed E-state index contributed by atoms with van der Waals surface area (Å²) < 4.78 is 0. The van der Waals surface area contributed by atoms with Gasteiger partial charge in [0.2, 0.25) is 0 Å². The number of nitrogens with one attached hydrogen (secondary N) is 2. The molecule has 0 aliphatic heterocycles. The molecule has 1 fully saturated rings. The highest BCUT2D eigenvalue weighted by Crippen LogP contribution is 2.36. The zero-order chi connectivity index (χ0) is 13.8. The third-order valence-corrected chi connectivity index (χ3v) is 4.23. The van der Waals surface area contributed by atoms with E-state index < -0.39 is 0 Å². The first-order valence-electron chi connectivity index (χ1n) is 7.59. The number of aromatic amines is 1. The van der Waals surface area contributed by atoms with Crippen LogP contribution in [0.5, 0.6) is 0 Å². The Morgan fingerprint density at radius 2 is 2.25 bits per heavy atom. The fourth-order valence-corrected chi connectivity index (χ4v) is 2.98. The van der Waals surface area contributed by atoms with Crippen molar-refractivity contribution >= 4 is 0 Å². The van der Waals surface area contributed by atoms with Crippen molar-refractivity contribution in [1.29, 1.82) is 0 Å². The van der Waals surface area contributed by atoms with Gasteiger partial charge < -0.3 is 10.3 Å². The molecule has 1 saturated carbocycles. The van der Waals surface area contributed by atoms with E-state index in [0.29, 0.717) is 6.04 Å². The van der Waals surface area contributed by atoms with Crippen molar-refractivity contribution < 1.29 is 0 Å². The smallest absolute Gasteiger partial charge is 0.106 e. The van der Waals surface area contributed by atoms with E-state index >= 15 is 0 Å². The summed E-state index contributed by atoms with van der Waals surface area (Å²) in [6.07, 6.45) is 8.46. The second-order valence-electron chi connectivity index (χ2n) is 5.87. The Bertz CT molecular complexity index is 527. The number of imidazole rings is 1. The normalized spacial score (nSPS) is 21.6. The van der Waals surface area contributed by atoms with Gasteiger partial charge >= 0.3 is 0 Å². The molecule has 106 valence electrons. The van der Waals surface area contributed by atoms with Gasteiger partial charge in [-0.05, 0) is 44.2 Å². The third-order valence-electron chi connectivity index (χ3n) is 4.23. The number of aryl methyl sites for hydroxylation is 2. The Morgan fingerprint density at radius 1 is 1.35 bits per heavy atom. The predicted octanol–water partition coefficient (Wildman–Crippen LogP) is 3.19. The van der Waals surface area contributed by atoms with E-state index in [9.17, 15) is 0 Å². The van der Waals surface area contributed by atoms with Crippen molar-refractivity contribution in [3.8, 4) is 0 Å². The molecule has 0 amide bonds. The molecular weight excluding hydrogens is 246 g/mol. The van der Waals surface area contributed by atoms with E-state index in [4.69, 9.17) is 0 Å². The zero-order valence-electron chi connectivity index (χ0n) is 12.1. The van der Waals surface area contributed by atoms with E-state index in [-0.39, 0.29) is 0 Å². The number of H-pyrrole nitrogens is 1. The molecule has 1 heterocycles. The summed E-state index contributed by atoms with van der Waals surface area (Å²) in [6, 6.07) is 9.65. The molecule has 0 saturated heterocycles. The largest absolute Gasteiger partial charge is 0.349 e. The van der Waals surface area contributed by atoms with Gasteiger partial charge in [0.15, 0.2) is 0 Å². The average molecular weight is 269 g/mol. The highest BCUT2D eigenvalue weighted by molar-refractivity contribution is 5.27. The van der Waals surface area contributed by atoms with Gasteiger partial charge in [-0.3, -0.25) is 0 Å². The molecule has 2 aromatic rings. The first-order valence-corrected chi connectivity index (χ1v) is 7.59. The molecule has 3 rings (SSSR count). The molecule has 1 aromatic carbocycles. The predicted molar refractivity (Wildman–Crippen MR) is 81.9 cm³/mol. The maximum atomic E-state index is 4.24. The van der Waals surface area contributed by atoms with Crippen LogP contribution in [-0.4, -0.2) is 22.6 Å². The SMILES string of the molecule is Cc1cccc(C2CC(NCCCc3ncc[nH]3)C2)c1. The first-order chi connectivity index (χ1) is 9.81. The van der Waals surface area contributed by atoms with E-state index in [2.05, 4.69) is 46.5 Å². The van der Waals surface area contributed by atoms with Gasteiger partial charge in [0.1, 0.15) is 5.82 Å². The minimum absolute atomic E-state index is 0.706. The van der Waals surface area contributed by atoms with Gasteiger partial charge in [-0.1, -0.05) is 29.8 Å². The minimum Gasteiger partial charge on any atom is -0.349 e. The fraction of sp³-hybridized carbons (Fsp3) is 0.471. The van der Waals surface area contributed by atoms with Gasteiger partial charge in [-0.15, -0.1) is 0 Å². The number of benzene rings is 1. The van der Waals surface area contributed by atoms with Crippen LogP contribution in [0.3, 0.4) is 0 Å². The number of hydrogen-bond acceptors (Lipinski definition) is 2. The minimum atomic E-state index is 0.706. The summed E-state index contributed by atoms with van der Waals surface area (Å²) in [4.78, 5) is 7.39. The second kappa shape index (κ2) is 6.23. The van der Waals surface area contributed by atoms with Gasteiger partial charge in [0.25, 0.3) is 0 Å². The third kappa shape index (κ3) is 3.28. The summed E-state index contributed by atoms with van der Waals surface area (Å²) in [7, 11) is 0. The lowest BCUT2D eigenvalue weighted by atomic mass is 9.75. The highest BCUT2D eigenvalue weighted by Gasteiger charge is 2.29. The topological polar surface area (TPSA) is 40.7 Å². The Morgan fingerprint density at radius 3 is 3.00 bits per heavy atom. The average Bonchev–Trinajstić information content (AvgIpc) is 2.89. The molecule has 0 atom stereocenters. The molecule has 3 nitrogen and oxygen atoms in total. The fourth-order valence-electron chi connectivity index (χ4n) is 2.98. The molecule has 2 N–H and O–H groups in total. The number of hydrogen-bond donors (Lipinski definition) is 2. The van der Waals surface area contributed by atoms with Gasteiger partial charge in [0.05, 0.1) is 0 Å². The maximum Gasteiger partial charge on any atom is 0.106 e. The number of aromatic nitrogens is 2. The molecule has 1 aliphatic rings. The second-order valence-corrected chi connectivity index (χ2v) is 5.87. The lowest BCUT2D eigenvalue weighted by Crippen LogP contribution is -2.40. The van der Waals surface area contributed by atoms with Crippen LogP contribution in [-0.2, 0) is 6.42 Å². The maximum absolute atomic E-state index is 4.24. The molecule has 1 aromatic heterocycles. The van der Waals surface area contributed by atoms with Crippen molar-refractivity contribution in [3.63, 3.8) is 0 Å². The van der Waals surface area contributed by atoms with Crippen molar-refractivity contribution in [2.75, 3.05) is 6.54 Å².